The minimum Gasteiger partial charge on any atom is -0.449 e. The maximum absolute atomic E-state index is 6.88. The lowest BCUT2D eigenvalue weighted by Gasteiger charge is -2.34. The van der Waals surface area contributed by atoms with Crippen LogP contribution in [-0.4, -0.2) is 0 Å². The van der Waals surface area contributed by atoms with Crippen LogP contribution in [0.3, 0.4) is 0 Å². The minimum atomic E-state index is -0.492. The molecule has 9 rings (SSSR count). The number of aryl methyl sites for hydroxylation is 1. The summed E-state index contributed by atoms with van der Waals surface area (Å²) in [6, 6.07) is 60.6. The summed E-state index contributed by atoms with van der Waals surface area (Å²) < 4.78 is 13.6. The van der Waals surface area contributed by atoms with E-state index in [9.17, 15) is 0 Å². The molecule has 0 saturated carbocycles. The highest BCUT2D eigenvalue weighted by Crippen LogP contribution is 2.62. The van der Waals surface area contributed by atoms with Gasteiger partial charge in [0.2, 0.25) is 0 Å². The van der Waals surface area contributed by atoms with Crippen LogP contribution < -0.4 is 9.47 Å². The fourth-order valence-corrected chi connectivity index (χ4v) is 7.83. The van der Waals surface area contributed by atoms with E-state index in [2.05, 4.69) is 177 Å². The predicted molar refractivity (Wildman–Crippen MR) is 189 cm³/mol. The Bertz CT molecular complexity index is 2210. The van der Waals surface area contributed by atoms with Gasteiger partial charge in [-0.1, -0.05) is 157 Å². The number of hydrogen-bond acceptors (Lipinski definition) is 2. The second kappa shape index (κ2) is 10.9. The topological polar surface area (TPSA) is 18.5 Å². The molecule has 0 fully saturated rings. The maximum atomic E-state index is 6.88. The highest BCUT2D eigenvalue weighted by molar-refractivity contribution is 5.91. The Morgan fingerprint density at radius 2 is 1.06 bits per heavy atom. The lowest BCUT2D eigenvalue weighted by Crippen LogP contribution is -2.28. The van der Waals surface area contributed by atoms with Gasteiger partial charge >= 0.3 is 0 Å². The van der Waals surface area contributed by atoms with Gasteiger partial charge in [-0.2, -0.15) is 0 Å². The van der Waals surface area contributed by atoms with Gasteiger partial charge in [-0.3, -0.25) is 0 Å². The van der Waals surface area contributed by atoms with Crippen molar-refractivity contribution >= 4 is 0 Å². The molecule has 1 unspecified atom stereocenters. The Hall–Kier alpha value is -5.86. The van der Waals surface area contributed by atoms with Crippen molar-refractivity contribution < 1.29 is 9.47 Å². The van der Waals surface area contributed by atoms with Crippen molar-refractivity contribution in [3.63, 3.8) is 0 Å². The van der Waals surface area contributed by atoms with Crippen LogP contribution in [0.5, 0.6) is 23.0 Å². The fraction of sp³-hybridized carbons (Fsp3) is 0.0667. The van der Waals surface area contributed by atoms with Crippen LogP contribution in [0.4, 0.5) is 0 Å². The standard InChI is InChI=1S/C45H32O2/c1-30-14-13-17-32(28-30)42(31-15-5-2-6-16-31)33-24-26-39-41(29-33)46-40-27-25-38-43(44(40)47-39)36-22-11-12-23-37(36)45(38,34-18-7-3-8-19-34)35-20-9-4-10-21-35/h2-29,42H,1H3. The third kappa shape index (κ3) is 4.26. The smallest absolute Gasteiger partial charge is 0.178 e. The van der Waals surface area contributed by atoms with E-state index in [1.54, 1.807) is 0 Å². The van der Waals surface area contributed by atoms with Crippen LogP contribution in [0.25, 0.3) is 11.1 Å². The molecule has 1 atom stereocenters. The van der Waals surface area contributed by atoms with E-state index in [0.29, 0.717) is 0 Å². The molecular weight excluding hydrogens is 572 g/mol. The van der Waals surface area contributed by atoms with Crippen molar-refractivity contribution in [2.75, 3.05) is 0 Å². The molecule has 1 heterocycles. The van der Waals surface area contributed by atoms with Gasteiger partial charge in [0.25, 0.3) is 0 Å². The maximum Gasteiger partial charge on any atom is 0.178 e. The molecule has 1 aliphatic heterocycles. The van der Waals surface area contributed by atoms with Crippen molar-refractivity contribution in [2.24, 2.45) is 0 Å². The summed E-state index contributed by atoms with van der Waals surface area (Å²) in [5, 5.41) is 0. The minimum absolute atomic E-state index is 0.0654. The van der Waals surface area contributed by atoms with Crippen LogP contribution in [0.1, 0.15) is 50.4 Å². The Labute approximate surface area is 275 Å². The van der Waals surface area contributed by atoms with E-state index < -0.39 is 5.41 Å². The van der Waals surface area contributed by atoms with Gasteiger partial charge in [0.15, 0.2) is 23.0 Å². The molecule has 2 aliphatic rings. The Morgan fingerprint density at radius 3 is 1.79 bits per heavy atom. The number of benzene rings is 7. The van der Waals surface area contributed by atoms with Crippen molar-refractivity contribution in [2.45, 2.75) is 18.3 Å². The summed E-state index contributed by atoms with van der Waals surface area (Å²) in [6.45, 7) is 2.15. The van der Waals surface area contributed by atoms with Crippen LogP contribution >= 0.6 is 0 Å². The Balaban J connectivity index is 1.20. The van der Waals surface area contributed by atoms with Crippen molar-refractivity contribution in [3.05, 3.63) is 214 Å². The molecular formula is C45H32O2. The molecule has 224 valence electrons. The molecule has 0 aromatic heterocycles. The van der Waals surface area contributed by atoms with E-state index in [-0.39, 0.29) is 5.92 Å². The molecule has 0 saturated heterocycles. The zero-order chi connectivity index (χ0) is 31.4. The van der Waals surface area contributed by atoms with Gasteiger partial charge in [-0.05, 0) is 69.6 Å². The Kier molecular flexibility index (Phi) is 6.36. The second-order valence-corrected chi connectivity index (χ2v) is 12.5. The van der Waals surface area contributed by atoms with Gasteiger partial charge in [0.1, 0.15) is 0 Å². The molecule has 0 N–H and O–H groups in total. The summed E-state index contributed by atoms with van der Waals surface area (Å²) in [7, 11) is 0. The number of ether oxygens (including phenoxy) is 2. The lowest BCUT2D eigenvalue weighted by atomic mass is 9.68. The van der Waals surface area contributed by atoms with Gasteiger partial charge in [0, 0.05) is 11.5 Å². The fourth-order valence-electron chi connectivity index (χ4n) is 7.83. The summed E-state index contributed by atoms with van der Waals surface area (Å²) in [5.41, 5.74) is 11.5. The van der Waals surface area contributed by atoms with Crippen LogP contribution in [0, 0.1) is 6.92 Å². The highest BCUT2D eigenvalue weighted by atomic mass is 16.6. The number of rotatable bonds is 5. The van der Waals surface area contributed by atoms with E-state index in [1.807, 2.05) is 0 Å². The summed E-state index contributed by atoms with van der Waals surface area (Å²) in [4.78, 5) is 0. The molecule has 7 aromatic carbocycles. The zero-order valence-electron chi connectivity index (χ0n) is 26.1. The number of hydrogen-bond donors (Lipinski definition) is 0. The molecule has 0 radical (unpaired) electrons. The van der Waals surface area contributed by atoms with Crippen LogP contribution in [0.15, 0.2) is 170 Å². The van der Waals surface area contributed by atoms with Gasteiger partial charge < -0.3 is 9.47 Å². The SMILES string of the molecule is Cc1cccc(C(c2ccccc2)c2ccc3c(c2)Oc2ccc4c(c2O3)-c2ccccc2C4(c2ccccc2)c2ccccc2)c1. The monoisotopic (exact) mass is 604 g/mol. The van der Waals surface area contributed by atoms with Crippen molar-refractivity contribution in [3.8, 4) is 34.1 Å². The predicted octanol–water partition coefficient (Wildman–Crippen LogP) is 11.4. The molecule has 47 heavy (non-hydrogen) atoms. The third-order valence-electron chi connectivity index (χ3n) is 9.78. The molecule has 2 nitrogen and oxygen atoms in total. The normalized spacial score (nSPS) is 14.1. The average Bonchev–Trinajstić information content (AvgIpc) is 3.44. The summed E-state index contributed by atoms with van der Waals surface area (Å²) in [6.07, 6.45) is 0. The van der Waals surface area contributed by atoms with Crippen LogP contribution in [0.2, 0.25) is 0 Å². The molecule has 2 heteroatoms. The zero-order valence-corrected chi connectivity index (χ0v) is 26.1. The first-order valence-corrected chi connectivity index (χ1v) is 16.2. The van der Waals surface area contributed by atoms with E-state index in [0.717, 1.165) is 34.1 Å². The van der Waals surface area contributed by atoms with Crippen molar-refractivity contribution in [1.82, 2.24) is 0 Å². The Morgan fingerprint density at radius 1 is 0.447 bits per heavy atom. The molecule has 7 aromatic rings. The first-order chi connectivity index (χ1) is 23.2. The van der Waals surface area contributed by atoms with E-state index in [4.69, 9.17) is 9.47 Å². The second-order valence-electron chi connectivity index (χ2n) is 12.5. The first kappa shape index (κ1) is 27.5. The van der Waals surface area contributed by atoms with E-state index in [1.165, 1.54) is 44.5 Å². The molecule has 0 spiro atoms. The highest BCUT2D eigenvalue weighted by Gasteiger charge is 2.48. The summed E-state index contributed by atoms with van der Waals surface area (Å²) >= 11 is 0. The molecule has 0 amide bonds. The van der Waals surface area contributed by atoms with Crippen molar-refractivity contribution in [1.29, 1.82) is 0 Å². The number of fused-ring (bicyclic) bond motifs is 6. The first-order valence-electron chi connectivity index (χ1n) is 16.2. The van der Waals surface area contributed by atoms with Gasteiger partial charge in [-0.15, -0.1) is 0 Å². The largest absolute Gasteiger partial charge is 0.449 e. The lowest BCUT2D eigenvalue weighted by molar-refractivity contribution is 0.360. The molecule has 0 bridgehead atoms. The average molecular weight is 605 g/mol. The van der Waals surface area contributed by atoms with Gasteiger partial charge in [0.05, 0.1) is 5.41 Å². The van der Waals surface area contributed by atoms with E-state index >= 15 is 0 Å². The van der Waals surface area contributed by atoms with Gasteiger partial charge in [-0.25, -0.2) is 0 Å². The van der Waals surface area contributed by atoms with Crippen LogP contribution in [-0.2, 0) is 5.41 Å². The third-order valence-corrected chi connectivity index (χ3v) is 9.78. The molecule has 1 aliphatic carbocycles. The quantitative estimate of drug-likeness (QED) is 0.182. The summed E-state index contributed by atoms with van der Waals surface area (Å²) in [5.74, 6) is 3.01.